The first-order valence-corrected chi connectivity index (χ1v) is 9.15. The molecule has 3 aliphatic heterocycles. The Labute approximate surface area is 164 Å². The van der Waals surface area contributed by atoms with Gasteiger partial charge in [-0.05, 0) is 25.2 Å². The Morgan fingerprint density at radius 1 is 1.25 bits per heavy atom. The number of aliphatic imine (C=N–C) groups is 1. The lowest BCUT2D eigenvalue weighted by molar-refractivity contribution is 0.0239. The molecule has 2 bridgehead atoms. The minimum Gasteiger partial charge on any atom is -0.379 e. The zero-order valence-corrected chi connectivity index (χ0v) is 18.1. The molecule has 5 atom stereocenters. The van der Waals surface area contributed by atoms with E-state index in [0.29, 0.717) is 30.6 Å². The van der Waals surface area contributed by atoms with E-state index in [1.165, 1.54) is 12.8 Å². The van der Waals surface area contributed by atoms with E-state index in [2.05, 4.69) is 37.9 Å². The molecule has 3 fully saturated rings. The lowest BCUT2D eigenvalue weighted by Gasteiger charge is -2.29. The van der Waals surface area contributed by atoms with Crippen molar-refractivity contribution in [2.24, 2.45) is 22.2 Å². The van der Waals surface area contributed by atoms with E-state index in [9.17, 15) is 0 Å². The third kappa shape index (κ3) is 4.01. The summed E-state index contributed by atoms with van der Waals surface area (Å²) in [7, 11) is 1.79. The Kier molecular flexibility index (Phi) is 6.81. The Morgan fingerprint density at radius 3 is 2.29 bits per heavy atom. The molecule has 3 heterocycles. The standard InChI is InChI=1S/C18H33N3O2.HI/c1-6-19-17(20-9-16(22-5)18(2,3)4)21-10-12-13(11-21)15-8-7-14(12)23-15;/h12-16H,6-11H2,1-5H3,(H,19,20);1H. The summed E-state index contributed by atoms with van der Waals surface area (Å²) in [4.78, 5) is 7.34. The van der Waals surface area contributed by atoms with Gasteiger partial charge < -0.3 is 19.7 Å². The van der Waals surface area contributed by atoms with Crippen LogP contribution in [0.1, 0.15) is 40.5 Å². The smallest absolute Gasteiger partial charge is 0.194 e. The molecule has 3 rings (SSSR count). The lowest BCUT2D eigenvalue weighted by atomic mass is 9.82. The van der Waals surface area contributed by atoms with Gasteiger partial charge in [-0.3, -0.25) is 4.99 Å². The maximum absolute atomic E-state index is 6.08. The Bertz CT molecular complexity index is 434. The zero-order valence-electron chi connectivity index (χ0n) is 15.7. The SMILES string of the molecule is CCNC(=NCC(OC)C(C)(C)C)N1CC2C3CCC(O3)C2C1.I. The van der Waals surface area contributed by atoms with Crippen LogP contribution in [0.4, 0.5) is 0 Å². The highest BCUT2D eigenvalue weighted by atomic mass is 127. The van der Waals surface area contributed by atoms with Crippen LogP contribution in [0.2, 0.25) is 0 Å². The van der Waals surface area contributed by atoms with Gasteiger partial charge in [0, 0.05) is 38.6 Å². The number of halogens is 1. The number of likely N-dealkylation sites (tertiary alicyclic amines) is 1. The second-order valence-electron chi connectivity index (χ2n) is 8.31. The highest BCUT2D eigenvalue weighted by Gasteiger charge is 2.53. The fourth-order valence-electron chi connectivity index (χ4n) is 4.43. The first-order valence-electron chi connectivity index (χ1n) is 9.15. The van der Waals surface area contributed by atoms with Crippen LogP contribution < -0.4 is 5.32 Å². The Balaban J connectivity index is 0.00000208. The largest absolute Gasteiger partial charge is 0.379 e. The van der Waals surface area contributed by atoms with Crippen LogP contribution in [0.5, 0.6) is 0 Å². The summed E-state index contributed by atoms with van der Waals surface area (Å²) in [5.74, 6) is 2.46. The number of ether oxygens (including phenoxy) is 2. The summed E-state index contributed by atoms with van der Waals surface area (Å²) in [5, 5.41) is 3.47. The van der Waals surface area contributed by atoms with Crippen LogP contribution in [-0.4, -0.2) is 62.5 Å². The third-order valence-corrected chi connectivity index (χ3v) is 5.74. The summed E-state index contributed by atoms with van der Waals surface area (Å²) < 4.78 is 11.7. The van der Waals surface area contributed by atoms with E-state index >= 15 is 0 Å². The predicted molar refractivity (Wildman–Crippen MR) is 108 cm³/mol. The van der Waals surface area contributed by atoms with E-state index < -0.39 is 0 Å². The molecular weight excluding hydrogens is 417 g/mol. The average Bonchev–Trinajstić information content (AvgIpc) is 3.17. The molecule has 0 amide bonds. The van der Waals surface area contributed by atoms with Crippen LogP contribution in [0.25, 0.3) is 0 Å². The summed E-state index contributed by atoms with van der Waals surface area (Å²) in [5.41, 5.74) is 0.101. The van der Waals surface area contributed by atoms with E-state index in [1.54, 1.807) is 7.11 Å². The number of fused-ring (bicyclic) bond motifs is 5. The predicted octanol–water partition coefficient (Wildman–Crippen LogP) is 2.74. The molecular formula is C18H34IN3O2. The van der Waals surface area contributed by atoms with Gasteiger partial charge in [0.1, 0.15) is 0 Å². The first kappa shape index (κ1) is 20.2. The number of nitrogens with zero attached hydrogens (tertiary/aromatic N) is 2. The number of guanidine groups is 1. The second kappa shape index (κ2) is 8.08. The normalized spacial score (nSPS) is 33.4. The molecule has 6 heteroatoms. The van der Waals surface area contributed by atoms with Crippen molar-refractivity contribution in [3.05, 3.63) is 0 Å². The molecule has 0 aromatic heterocycles. The summed E-state index contributed by atoms with van der Waals surface area (Å²) >= 11 is 0. The molecule has 0 aromatic carbocycles. The van der Waals surface area contributed by atoms with Gasteiger partial charge in [0.2, 0.25) is 0 Å². The summed E-state index contributed by atoms with van der Waals surface area (Å²) in [6.45, 7) is 12.5. The van der Waals surface area contributed by atoms with Crippen LogP contribution >= 0.6 is 24.0 Å². The van der Waals surface area contributed by atoms with Crippen molar-refractivity contribution in [1.29, 1.82) is 0 Å². The molecule has 0 saturated carbocycles. The van der Waals surface area contributed by atoms with Crippen molar-refractivity contribution in [1.82, 2.24) is 10.2 Å². The summed E-state index contributed by atoms with van der Waals surface area (Å²) in [6, 6.07) is 0. The average molecular weight is 451 g/mol. The third-order valence-electron chi connectivity index (χ3n) is 5.74. The molecule has 3 aliphatic rings. The van der Waals surface area contributed by atoms with Crippen LogP contribution in [0, 0.1) is 17.3 Å². The highest BCUT2D eigenvalue weighted by Crippen LogP contribution is 2.47. The number of nitrogens with one attached hydrogen (secondary N) is 1. The van der Waals surface area contributed by atoms with E-state index in [1.807, 2.05) is 0 Å². The molecule has 0 radical (unpaired) electrons. The van der Waals surface area contributed by atoms with Crippen molar-refractivity contribution in [2.75, 3.05) is 33.3 Å². The molecule has 0 spiro atoms. The van der Waals surface area contributed by atoms with Gasteiger partial charge in [-0.2, -0.15) is 0 Å². The molecule has 0 aliphatic carbocycles. The second-order valence-corrected chi connectivity index (χ2v) is 8.31. The maximum Gasteiger partial charge on any atom is 0.194 e. The van der Waals surface area contributed by atoms with Crippen molar-refractivity contribution in [3.63, 3.8) is 0 Å². The first-order chi connectivity index (χ1) is 10.9. The van der Waals surface area contributed by atoms with E-state index in [0.717, 1.165) is 25.6 Å². The monoisotopic (exact) mass is 451 g/mol. The molecule has 24 heavy (non-hydrogen) atoms. The molecule has 5 nitrogen and oxygen atoms in total. The molecule has 3 saturated heterocycles. The van der Waals surface area contributed by atoms with Crippen LogP contribution in [-0.2, 0) is 9.47 Å². The minimum absolute atomic E-state index is 0. The van der Waals surface area contributed by atoms with Gasteiger partial charge in [0.25, 0.3) is 0 Å². The van der Waals surface area contributed by atoms with Crippen LogP contribution in [0.3, 0.4) is 0 Å². The van der Waals surface area contributed by atoms with Crippen molar-refractivity contribution < 1.29 is 9.47 Å². The van der Waals surface area contributed by atoms with Gasteiger partial charge in [-0.1, -0.05) is 20.8 Å². The fourth-order valence-corrected chi connectivity index (χ4v) is 4.43. The number of rotatable bonds is 4. The van der Waals surface area contributed by atoms with Gasteiger partial charge in [0.05, 0.1) is 24.9 Å². The topological polar surface area (TPSA) is 46.1 Å². The Hall–Kier alpha value is -0.0800. The summed E-state index contributed by atoms with van der Waals surface area (Å²) in [6.07, 6.45) is 3.64. The van der Waals surface area contributed by atoms with Crippen LogP contribution in [0.15, 0.2) is 4.99 Å². The molecule has 0 aromatic rings. The molecule has 140 valence electrons. The lowest BCUT2D eigenvalue weighted by Crippen LogP contribution is -2.42. The van der Waals surface area contributed by atoms with Gasteiger partial charge in [-0.15, -0.1) is 24.0 Å². The van der Waals surface area contributed by atoms with E-state index in [-0.39, 0.29) is 35.5 Å². The number of hydrogen-bond acceptors (Lipinski definition) is 3. The minimum atomic E-state index is 0. The quantitative estimate of drug-likeness (QED) is 0.406. The molecule has 5 unspecified atom stereocenters. The van der Waals surface area contributed by atoms with Crippen molar-refractivity contribution >= 4 is 29.9 Å². The van der Waals surface area contributed by atoms with Gasteiger partial charge in [0.15, 0.2) is 5.96 Å². The number of methoxy groups -OCH3 is 1. The molecule has 1 N–H and O–H groups in total. The zero-order chi connectivity index (χ0) is 16.6. The van der Waals surface area contributed by atoms with Crippen molar-refractivity contribution in [3.8, 4) is 0 Å². The maximum atomic E-state index is 6.08. The van der Waals surface area contributed by atoms with Crippen molar-refractivity contribution in [2.45, 2.75) is 58.8 Å². The number of hydrogen-bond donors (Lipinski definition) is 1. The highest BCUT2D eigenvalue weighted by molar-refractivity contribution is 14.0. The van der Waals surface area contributed by atoms with E-state index in [4.69, 9.17) is 14.5 Å². The van der Waals surface area contributed by atoms with Gasteiger partial charge >= 0.3 is 0 Å². The van der Waals surface area contributed by atoms with Gasteiger partial charge in [-0.25, -0.2) is 0 Å². The Morgan fingerprint density at radius 2 is 1.83 bits per heavy atom. The fraction of sp³-hybridized carbons (Fsp3) is 0.944.